The van der Waals surface area contributed by atoms with E-state index in [9.17, 15) is 26.7 Å². The van der Waals surface area contributed by atoms with Gasteiger partial charge >= 0.3 is 5.97 Å². The standard InChI is InChI=1S/C21H18O8S2/c1-30(24,25)19-7-3-15(4-8-19)28-17-11-14(21(22)23)12-18(13-17)29-16-5-9-20(10-6-16)31(2,26)27/h3-13H,1-2H3,(H,22,23). The summed E-state index contributed by atoms with van der Waals surface area (Å²) in [5.74, 6) is -0.267. The van der Waals surface area contributed by atoms with E-state index < -0.39 is 25.6 Å². The Labute approximate surface area is 179 Å². The largest absolute Gasteiger partial charge is 0.478 e. The molecule has 3 rings (SSSR count). The zero-order valence-corrected chi connectivity index (χ0v) is 18.1. The monoisotopic (exact) mass is 462 g/mol. The van der Waals surface area contributed by atoms with E-state index in [2.05, 4.69) is 0 Å². The Balaban J connectivity index is 1.88. The van der Waals surface area contributed by atoms with E-state index in [-0.39, 0.29) is 26.9 Å². The molecule has 0 saturated carbocycles. The fourth-order valence-electron chi connectivity index (χ4n) is 2.59. The number of hydrogen-bond donors (Lipinski definition) is 1. The van der Waals surface area contributed by atoms with E-state index >= 15 is 0 Å². The molecule has 0 bridgehead atoms. The Morgan fingerprint density at radius 1 is 0.645 bits per heavy atom. The minimum absolute atomic E-state index is 0.0898. The Kier molecular flexibility index (Phi) is 6.05. The lowest BCUT2D eigenvalue weighted by Gasteiger charge is -2.11. The van der Waals surface area contributed by atoms with Crippen LogP contribution in [0, 0.1) is 0 Å². The van der Waals surface area contributed by atoms with Gasteiger partial charge in [0.15, 0.2) is 19.7 Å². The molecule has 0 radical (unpaired) electrons. The fraction of sp³-hybridized carbons (Fsp3) is 0.0952. The summed E-state index contributed by atoms with van der Waals surface area (Å²) in [4.78, 5) is 11.7. The van der Waals surface area contributed by atoms with Crippen molar-refractivity contribution >= 4 is 25.6 Å². The predicted octanol–water partition coefficient (Wildman–Crippen LogP) is 3.78. The predicted molar refractivity (Wildman–Crippen MR) is 113 cm³/mol. The number of hydrogen-bond acceptors (Lipinski definition) is 7. The number of carboxylic acids is 1. The first-order valence-corrected chi connectivity index (χ1v) is 12.5. The highest BCUT2D eigenvalue weighted by atomic mass is 32.2. The number of ether oxygens (including phenoxy) is 2. The van der Waals surface area contributed by atoms with Crippen LogP contribution in [-0.4, -0.2) is 40.4 Å². The molecule has 3 aromatic carbocycles. The Morgan fingerprint density at radius 2 is 1.00 bits per heavy atom. The first-order valence-electron chi connectivity index (χ1n) is 8.76. The summed E-state index contributed by atoms with van der Waals surface area (Å²) in [7, 11) is -6.71. The van der Waals surface area contributed by atoms with Crippen LogP contribution < -0.4 is 9.47 Å². The van der Waals surface area contributed by atoms with Gasteiger partial charge in [-0.1, -0.05) is 0 Å². The SMILES string of the molecule is CS(=O)(=O)c1ccc(Oc2cc(Oc3ccc(S(C)(=O)=O)cc3)cc(C(=O)O)c2)cc1. The molecule has 0 fully saturated rings. The van der Waals surface area contributed by atoms with Gasteiger partial charge in [0.2, 0.25) is 0 Å². The van der Waals surface area contributed by atoms with Gasteiger partial charge in [-0.2, -0.15) is 0 Å². The average molecular weight is 463 g/mol. The molecule has 0 saturated heterocycles. The summed E-state index contributed by atoms with van der Waals surface area (Å²) >= 11 is 0. The molecule has 0 aliphatic carbocycles. The van der Waals surface area contributed by atoms with Crippen molar-refractivity contribution in [1.82, 2.24) is 0 Å². The highest BCUT2D eigenvalue weighted by Gasteiger charge is 2.12. The van der Waals surface area contributed by atoms with Crippen LogP contribution in [0.25, 0.3) is 0 Å². The second-order valence-electron chi connectivity index (χ2n) is 6.69. The average Bonchev–Trinajstić information content (AvgIpc) is 2.67. The Bertz CT molecular complexity index is 1230. The van der Waals surface area contributed by atoms with Crippen molar-refractivity contribution in [2.45, 2.75) is 9.79 Å². The van der Waals surface area contributed by atoms with Crippen molar-refractivity contribution in [1.29, 1.82) is 0 Å². The molecule has 162 valence electrons. The van der Waals surface area contributed by atoms with Crippen LogP contribution >= 0.6 is 0 Å². The van der Waals surface area contributed by atoms with Crippen molar-refractivity contribution in [2.24, 2.45) is 0 Å². The van der Waals surface area contributed by atoms with Gasteiger partial charge in [0.1, 0.15) is 23.0 Å². The van der Waals surface area contributed by atoms with Crippen molar-refractivity contribution in [2.75, 3.05) is 12.5 Å². The van der Waals surface area contributed by atoms with Crippen LogP contribution in [0.1, 0.15) is 10.4 Å². The third-order valence-electron chi connectivity index (χ3n) is 4.10. The molecule has 0 atom stereocenters. The van der Waals surface area contributed by atoms with Gasteiger partial charge in [-0.3, -0.25) is 0 Å². The van der Waals surface area contributed by atoms with E-state index in [0.29, 0.717) is 11.5 Å². The molecule has 0 aromatic heterocycles. The number of carboxylic acid groups (broad SMARTS) is 1. The fourth-order valence-corrected chi connectivity index (χ4v) is 3.86. The first kappa shape index (κ1) is 22.3. The molecule has 31 heavy (non-hydrogen) atoms. The highest BCUT2D eigenvalue weighted by Crippen LogP contribution is 2.31. The molecule has 0 heterocycles. The third kappa shape index (κ3) is 5.83. The molecular formula is C21H18O8S2. The normalized spacial score (nSPS) is 11.7. The maximum absolute atomic E-state index is 11.6. The quantitative estimate of drug-likeness (QED) is 0.563. The van der Waals surface area contributed by atoms with Gasteiger partial charge in [0.25, 0.3) is 0 Å². The van der Waals surface area contributed by atoms with Crippen LogP contribution in [0.3, 0.4) is 0 Å². The number of rotatable bonds is 7. The Hall–Kier alpha value is -3.37. The lowest BCUT2D eigenvalue weighted by atomic mass is 10.2. The summed E-state index contributed by atoms with van der Waals surface area (Å²) < 4.78 is 57.6. The summed E-state index contributed by atoms with van der Waals surface area (Å²) in [5, 5.41) is 9.37. The second-order valence-corrected chi connectivity index (χ2v) is 10.7. The lowest BCUT2D eigenvalue weighted by Crippen LogP contribution is -1.99. The number of sulfone groups is 2. The summed E-state index contributed by atoms with van der Waals surface area (Å²) in [6.07, 6.45) is 2.18. The maximum Gasteiger partial charge on any atom is 0.335 e. The molecule has 0 spiro atoms. The zero-order valence-electron chi connectivity index (χ0n) is 16.5. The van der Waals surface area contributed by atoms with E-state index in [4.69, 9.17) is 9.47 Å². The van der Waals surface area contributed by atoms with Gasteiger partial charge < -0.3 is 14.6 Å². The molecular weight excluding hydrogens is 444 g/mol. The molecule has 0 amide bonds. The van der Waals surface area contributed by atoms with E-state index in [1.807, 2.05) is 0 Å². The number of aromatic carboxylic acids is 1. The van der Waals surface area contributed by atoms with E-state index in [1.165, 1.54) is 66.7 Å². The van der Waals surface area contributed by atoms with Crippen LogP contribution in [0.5, 0.6) is 23.0 Å². The van der Waals surface area contributed by atoms with Gasteiger partial charge in [0, 0.05) is 18.6 Å². The van der Waals surface area contributed by atoms with Gasteiger partial charge in [-0.25, -0.2) is 21.6 Å². The van der Waals surface area contributed by atoms with Gasteiger partial charge in [0.05, 0.1) is 15.4 Å². The van der Waals surface area contributed by atoms with E-state index in [1.54, 1.807) is 0 Å². The summed E-state index contributed by atoms with van der Waals surface area (Å²) in [6.45, 7) is 0. The van der Waals surface area contributed by atoms with Crippen LogP contribution in [0.4, 0.5) is 0 Å². The third-order valence-corrected chi connectivity index (χ3v) is 6.36. The highest BCUT2D eigenvalue weighted by molar-refractivity contribution is 7.91. The molecule has 0 aliphatic rings. The van der Waals surface area contributed by atoms with Crippen LogP contribution in [0.15, 0.2) is 76.5 Å². The topological polar surface area (TPSA) is 124 Å². The molecule has 0 aliphatic heterocycles. The smallest absolute Gasteiger partial charge is 0.335 e. The van der Waals surface area contributed by atoms with Crippen molar-refractivity contribution in [3.63, 3.8) is 0 Å². The summed E-state index contributed by atoms with van der Waals surface area (Å²) in [5.41, 5.74) is -0.0898. The van der Waals surface area contributed by atoms with Crippen molar-refractivity contribution in [3.8, 4) is 23.0 Å². The van der Waals surface area contributed by atoms with E-state index in [0.717, 1.165) is 12.5 Å². The number of benzene rings is 3. The van der Waals surface area contributed by atoms with Crippen LogP contribution in [-0.2, 0) is 19.7 Å². The summed E-state index contributed by atoms with van der Waals surface area (Å²) in [6, 6.07) is 15.4. The van der Waals surface area contributed by atoms with Crippen molar-refractivity contribution < 1.29 is 36.2 Å². The van der Waals surface area contributed by atoms with Gasteiger partial charge in [-0.15, -0.1) is 0 Å². The maximum atomic E-state index is 11.6. The minimum atomic E-state index is -3.36. The number of carbonyl (C=O) groups is 1. The lowest BCUT2D eigenvalue weighted by molar-refractivity contribution is 0.0696. The van der Waals surface area contributed by atoms with Gasteiger partial charge in [-0.05, 0) is 60.7 Å². The molecule has 3 aromatic rings. The van der Waals surface area contributed by atoms with Crippen molar-refractivity contribution in [3.05, 3.63) is 72.3 Å². The zero-order chi connectivity index (χ0) is 22.8. The minimum Gasteiger partial charge on any atom is -0.478 e. The molecule has 10 heteroatoms. The Morgan fingerprint density at radius 3 is 1.29 bits per heavy atom. The first-order chi connectivity index (χ1) is 14.4. The molecule has 8 nitrogen and oxygen atoms in total. The molecule has 1 N–H and O–H groups in total. The molecule has 0 unspecified atom stereocenters. The second kappa shape index (κ2) is 8.40. The van der Waals surface area contributed by atoms with Crippen LogP contribution in [0.2, 0.25) is 0 Å².